The van der Waals surface area contributed by atoms with E-state index in [1.54, 1.807) is 0 Å². The molecule has 3 nitrogen and oxygen atoms in total. The highest BCUT2D eigenvalue weighted by atomic mass is 32.1. The average molecular weight is 696 g/mol. The van der Waals surface area contributed by atoms with Crippen LogP contribution in [0.2, 0.25) is 0 Å². The van der Waals surface area contributed by atoms with Crippen LogP contribution in [0.25, 0.3) is 80.2 Å². The maximum absolute atomic E-state index is 5.30. The van der Waals surface area contributed by atoms with Gasteiger partial charge in [-0.1, -0.05) is 122 Å². The standard InChI is InChI=1S/C49H33N3S/c1-31(35-19-12-24-47-49(35)39-18-7-11-23-46(39)53-47)34-14-4-8-20-41(34)50-30-51-42-28-26-33(29-40(42)48-36-15-3-2-13-32(36)25-27-45(48)51)52-43-21-9-5-16-37(43)38-17-6-10-22-44(38)52/h2-31H,1H3/b50-30+. The third-order valence-corrected chi connectivity index (χ3v) is 12.3. The van der Waals surface area contributed by atoms with Crippen molar-refractivity contribution in [3.05, 3.63) is 181 Å². The Labute approximate surface area is 310 Å². The average Bonchev–Trinajstić information content (AvgIpc) is 3.87. The lowest BCUT2D eigenvalue weighted by Crippen LogP contribution is -1.99. The van der Waals surface area contributed by atoms with Gasteiger partial charge in [0.25, 0.3) is 0 Å². The van der Waals surface area contributed by atoms with Gasteiger partial charge in [0, 0.05) is 53.3 Å². The largest absolute Gasteiger partial charge is 0.309 e. The number of aromatic nitrogens is 2. The molecular formula is C49H33N3S. The Morgan fingerprint density at radius 2 is 1.13 bits per heavy atom. The molecule has 8 aromatic carbocycles. The molecular weight excluding hydrogens is 663 g/mol. The summed E-state index contributed by atoms with van der Waals surface area (Å²) in [5.41, 5.74) is 9.36. The first-order chi connectivity index (χ1) is 26.2. The third-order valence-electron chi connectivity index (χ3n) is 11.1. The molecule has 11 aromatic rings. The molecule has 53 heavy (non-hydrogen) atoms. The lowest BCUT2D eigenvalue weighted by atomic mass is 9.89. The first-order valence-corrected chi connectivity index (χ1v) is 19.0. The van der Waals surface area contributed by atoms with Crippen molar-refractivity contribution in [1.29, 1.82) is 0 Å². The van der Waals surface area contributed by atoms with Crippen molar-refractivity contribution in [3.63, 3.8) is 0 Å². The molecule has 0 saturated heterocycles. The summed E-state index contributed by atoms with van der Waals surface area (Å²) >= 11 is 1.87. The van der Waals surface area contributed by atoms with Gasteiger partial charge in [-0.2, -0.15) is 0 Å². The van der Waals surface area contributed by atoms with Crippen molar-refractivity contribution >= 4 is 97.9 Å². The monoisotopic (exact) mass is 695 g/mol. The van der Waals surface area contributed by atoms with E-state index in [4.69, 9.17) is 4.99 Å². The predicted molar refractivity (Wildman–Crippen MR) is 228 cm³/mol. The minimum absolute atomic E-state index is 0.154. The Balaban J connectivity index is 1.10. The van der Waals surface area contributed by atoms with Crippen molar-refractivity contribution in [2.45, 2.75) is 12.8 Å². The first-order valence-electron chi connectivity index (χ1n) is 18.2. The molecule has 4 heteroatoms. The summed E-state index contributed by atoms with van der Waals surface area (Å²) in [5.74, 6) is 0.154. The quantitative estimate of drug-likeness (QED) is 0.126. The molecule has 0 amide bonds. The maximum atomic E-state index is 5.30. The molecule has 0 N–H and O–H groups in total. The zero-order valence-corrected chi connectivity index (χ0v) is 29.9. The van der Waals surface area contributed by atoms with Crippen LogP contribution >= 0.6 is 11.3 Å². The molecule has 3 heterocycles. The molecule has 250 valence electrons. The highest BCUT2D eigenvalue weighted by Gasteiger charge is 2.19. The normalized spacial score (nSPS) is 12.8. The number of benzene rings is 8. The zero-order valence-electron chi connectivity index (χ0n) is 29.1. The van der Waals surface area contributed by atoms with Crippen molar-refractivity contribution in [2.75, 3.05) is 0 Å². The molecule has 0 bridgehead atoms. The van der Waals surface area contributed by atoms with Gasteiger partial charge in [0.2, 0.25) is 0 Å². The maximum Gasteiger partial charge on any atom is 0.100 e. The molecule has 11 rings (SSSR count). The molecule has 0 spiro atoms. The van der Waals surface area contributed by atoms with Gasteiger partial charge < -0.3 is 4.57 Å². The van der Waals surface area contributed by atoms with Gasteiger partial charge in [0.05, 0.1) is 27.8 Å². The molecule has 0 aliphatic rings. The minimum Gasteiger partial charge on any atom is -0.309 e. The van der Waals surface area contributed by atoms with Crippen molar-refractivity contribution in [3.8, 4) is 5.69 Å². The van der Waals surface area contributed by atoms with E-state index in [0.29, 0.717) is 0 Å². The van der Waals surface area contributed by atoms with Crippen molar-refractivity contribution in [2.24, 2.45) is 4.99 Å². The lowest BCUT2D eigenvalue weighted by molar-refractivity contribution is 0.933. The van der Waals surface area contributed by atoms with E-state index in [0.717, 1.165) is 22.4 Å². The lowest BCUT2D eigenvalue weighted by Gasteiger charge is -2.16. The second-order valence-corrected chi connectivity index (χ2v) is 15.0. The van der Waals surface area contributed by atoms with Crippen LogP contribution in [-0.2, 0) is 0 Å². The third kappa shape index (κ3) is 4.56. The van der Waals surface area contributed by atoms with Gasteiger partial charge in [-0.25, -0.2) is 4.99 Å². The van der Waals surface area contributed by atoms with Gasteiger partial charge in [-0.3, -0.25) is 4.57 Å². The predicted octanol–water partition coefficient (Wildman–Crippen LogP) is 13.8. The number of para-hydroxylation sites is 3. The smallest absolute Gasteiger partial charge is 0.100 e. The van der Waals surface area contributed by atoms with E-state index in [1.165, 1.54) is 74.6 Å². The van der Waals surface area contributed by atoms with Gasteiger partial charge in [-0.05, 0) is 76.5 Å². The van der Waals surface area contributed by atoms with E-state index >= 15 is 0 Å². The van der Waals surface area contributed by atoms with Gasteiger partial charge in [0.1, 0.15) is 6.34 Å². The summed E-state index contributed by atoms with van der Waals surface area (Å²) in [6.45, 7) is 2.32. The fraction of sp³-hybridized carbons (Fsp3) is 0.0408. The Morgan fingerprint density at radius 3 is 1.96 bits per heavy atom. The molecule has 0 radical (unpaired) electrons. The van der Waals surface area contributed by atoms with Crippen LogP contribution in [0.1, 0.15) is 24.0 Å². The fourth-order valence-corrected chi connectivity index (χ4v) is 9.83. The van der Waals surface area contributed by atoms with Crippen LogP contribution in [0.15, 0.2) is 175 Å². The second kappa shape index (κ2) is 11.8. The molecule has 0 saturated carbocycles. The van der Waals surface area contributed by atoms with E-state index in [2.05, 4.69) is 186 Å². The fourth-order valence-electron chi connectivity index (χ4n) is 8.69. The van der Waals surface area contributed by atoms with Crippen LogP contribution < -0.4 is 0 Å². The molecule has 0 aliphatic carbocycles. The summed E-state index contributed by atoms with van der Waals surface area (Å²) in [6.07, 6.45) is 2.03. The van der Waals surface area contributed by atoms with E-state index in [9.17, 15) is 0 Å². The molecule has 1 atom stereocenters. The van der Waals surface area contributed by atoms with Crippen LogP contribution in [0, 0.1) is 0 Å². The van der Waals surface area contributed by atoms with Crippen molar-refractivity contribution in [1.82, 2.24) is 9.13 Å². The van der Waals surface area contributed by atoms with Gasteiger partial charge >= 0.3 is 0 Å². The Morgan fingerprint density at radius 1 is 0.491 bits per heavy atom. The number of rotatable bonds is 5. The number of hydrogen-bond acceptors (Lipinski definition) is 2. The highest BCUT2D eigenvalue weighted by Crippen LogP contribution is 2.42. The van der Waals surface area contributed by atoms with Gasteiger partial charge in [-0.15, -0.1) is 11.3 Å². The second-order valence-electron chi connectivity index (χ2n) is 14.0. The molecule has 1 unspecified atom stereocenters. The van der Waals surface area contributed by atoms with E-state index in [1.807, 2.05) is 17.7 Å². The number of hydrogen-bond donors (Lipinski definition) is 0. The summed E-state index contributed by atoms with van der Waals surface area (Å²) < 4.78 is 7.34. The van der Waals surface area contributed by atoms with Crippen LogP contribution in [0.5, 0.6) is 0 Å². The van der Waals surface area contributed by atoms with Crippen LogP contribution in [-0.4, -0.2) is 15.5 Å². The number of nitrogens with zero attached hydrogens (tertiary/aromatic N) is 3. The highest BCUT2D eigenvalue weighted by molar-refractivity contribution is 7.25. The summed E-state index contributed by atoms with van der Waals surface area (Å²) in [6, 6.07) is 61.7. The number of fused-ring (bicyclic) bond motifs is 11. The number of thiophene rings is 1. The summed E-state index contributed by atoms with van der Waals surface area (Å²) in [4.78, 5) is 5.30. The topological polar surface area (TPSA) is 22.2 Å². The molecule has 0 fully saturated rings. The Bertz CT molecular complexity index is 3210. The Hall–Kier alpha value is -6.49. The molecule has 0 aliphatic heterocycles. The summed E-state index contributed by atoms with van der Waals surface area (Å²) in [5, 5.41) is 10.1. The van der Waals surface area contributed by atoms with Gasteiger partial charge in [0.15, 0.2) is 0 Å². The Kier molecular flexibility index (Phi) is 6.70. The SMILES string of the molecule is CC(c1ccccc1/N=C/n1c2ccc(-n3c4ccccc4c4ccccc43)cc2c2c3ccccc3ccc21)c1cccc2sc3ccccc3c12. The van der Waals surface area contributed by atoms with Crippen LogP contribution in [0.4, 0.5) is 5.69 Å². The van der Waals surface area contributed by atoms with E-state index in [-0.39, 0.29) is 5.92 Å². The zero-order chi connectivity index (χ0) is 35.0. The van der Waals surface area contributed by atoms with E-state index < -0.39 is 0 Å². The van der Waals surface area contributed by atoms with Crippen LogP contribution in [0.3, 0.4) is 0 Å². The summed E-state index contributed by atoms with van der Waals surface area (Å²) in [7, 11) is 0. The first kappa shape index (κ1) is 30.2. The van der Waals surface area contributed by atoms with Crippen molar-refractivity contribution < 1.29 is 0 Å². The molecule has 3 aromatic heterocycles. The minimum atomic E-state index is 0.154. The number of aliphatic imine (C=N–C) groups is 1.